The van der Waals surface area contributed by atoms with Crippen LogP contribution in [-0.4, -0.2) is 14.7 Å². The zero-order chi connectivity index (χ0) is 14.3. The summed E-state index contributed by atoms with van der Waals surface area (Å²) in [7, 11) is 0. The van der Waals surface area contributed by atoms with Gasteiger partial charge < -0.3 is 9.67 Å². The normalized spacial score (nSPS) is 11.2. The van der Waals surface area contributed by atoms with Crippen molar-refractivity contribution in [2.24, 2.45) is 0 Å². The summed E-state index contributed by atoms with van der Waals surface area (Å²) in [6.45, 7) is 2.57. The lowest BCUT2D eigenvalue weighted by molar-refractivity contribution is 0.476. The molecule has 20 heavy (non-hydrogen) atoms. The summed E-state index contributed by atoms with van der Waals surface area (Å²) in [6.07, 6.45) is 0. The number of aromatic nitrogens is 2. The average molecular weight is 291 g/mol. The number of hydrogen-bond acceptors (Lipinski definition) is 2. The van der Waals surface area contributed by atoms with Gasteiger partial charge in [-0.1, -0.05) is 17.7 Å². The Bertz CT molecular complexity index is 798. The van der Waals surface area contributed by atoms with Crippen molar-refractivity contribution in [3.05, 3.63) is 47.2 Å². The van der Waals surface area contributed by atoms with Crippen LogP contribution in [0.15, 0.2) is 36.4 Å². The minimum absolute atomic E-state index is 0.0305. The largest absolute Gasteiger partial charge is 0.507 e. The Morgan fingerprint density at radius 2 is 2.10 bits per heavy atom. The van der Waals surface area contributed by atoms with Crippen molar-refractivity contribution in [2.75, 3.05) is 0 Å². The van der Waals surface area contributed by atoms with Gasteiger partial charge in [0.2, 0.25) is 0 Å². The molecule has 0 radical (unpaired) electrons. The van der Waals surface area contributed by atoms with E-state index in [9.17, 15) is 9.50 Å². The lowest BCUT2D eigenvalue weighted by Gasteiger charge is -2.08. The first kappa shape index (κ1) is 12.9. The van der Waals surface area contributed by atoms with Crippen LogP contribution in [0.5, 0.6) is 5.75 Å². The Hall–Kier alpha value is -2.07. The van der Waals surface area contributed by atoms with Gasteiger partial charge in [0, 0.05) is 11.6 Å². The van der Waals surface area contributed by atoms with Crippen molar-refractivity contribution < 1.29 is 9.50 Å². The lowest BCUT2D eigenvalue weighted by Crippen LogP contribution is -1.97. The second kappa shape index (κ2) is 4.80. The molecule has 0 bridgehead atoms. The van der Waals surface area contributed by atoms with Crippen molar-refractivity contribution in [2.45, 2.75) is 13.5 Å². The number of halogens is 2. The number of phenolic OH excluding ortho intramolecular Hbond substituents is 1. The maximum absolute atomic E-state index is 13.8. The van der Waals surface area contributed by atoms with E-state index in [-0.39, 0.29) is 11.6 Å². The number of fused-ring (bicyclic) bond motifs is 1. The van der Waals surface area contributed by atoms with E-state index in [0.29, 0.717) is 34.0 Å². The summed E-state index contributed by atoms with van der Waals surface area (Å²) in [6, 6.07) is 9.64. The van der Waals surface area contributed by atoms with Gasteiger partial charge in [-0.3, -0.25) is 0 Å². The Morgan fingerprint density at radius 1 is 1.30 bits per heavy atom. The smallest absolute Gasteiger partial charge is 0.151 e. The first-order valence-corrected chi connectivity index (χ1v) is 6.63. The SMILES string of the molecule is CCn1c(-c2ccc(Cl)cc2O)nc2c(F)cccc21. The molecule has 0 saturated heterocycles. The van der Waals surface area contributed by atoms with Crippen LogP contribution < -0.4 is 0 Å². The molecule has 0 fully saturated rings. The van der Waals surface area contributed by atoms with Gasteiger partial charge in [0.25, 0.3) is 0 Å². The predicted octanol–water partition coefficient (Wildman–Crippen LogP) is 4.22. The van der Waals surface area contributed by atoms with Crippen LogP contribution in [0.1, 0.15) is 6.92 Å². The minimum Gasteiger partial charge on any atom is -0.507 e. The summed E-state index contributed by atoms with van der Waals surface area (Å²) >= 11 is 5.83. The van der Waals surface area contributed by atoms with Crippen LogP contribution >= 0.6 is 11.6 Å². The van der Waals surface area contributed by atoms with Gasteiger partial charge in [0.05, 0.1) is 11.1 Å². The van der Waals surface area contributed by atoms with Gasteiger partial charge in [0.15, 0.2) is 5.82 Å². The number of rotatable bonds is 2. The highest BCUT2D eigenvalue weighted by Crippen LogP contribution is 2.33. The molecular formula is C15H12ClFN2O. The Kier molecular flexibility index (Phi) is 3.10. The van der Waals surface area contributed by atoms with Crippen LogP contribution in [0.25, 0.3) is 22.4 Å². The zero-order valence-electron chi connectivity index (χ0n) is 10.8. The fourth-order valence-corrected chi connectivity index (χ4v) is 2.50. The number of imidazole rings is 1. The summed E-state index contributed by atoms with van der Waals surface area (Å²) < 4.78 is 15.7. The summed E-state index contributed by atoms with van der Waals surface area (Å²) in [5.74, 6) is 0.189. The quantitative estimate of drug-likeness (QED) is 0.767. The zero-order valence-corrected chi connectivity index (χ0v) is 11.5. The Morgan fingerprint density at radius 3 is 2.80 bits per heavy atom. The molecule has 1 aromatic heterocycles. The molecule has 3 nitrogen and oxygen atoms in total. The maximum atomic E-state index is 13.8. The molecule has 0 saturated carbocycles. The molecule has 2 aromatic carbocycles. The molecule has 0 atom stereocenters. The molecule has 102 valence electrons. The molecule has 0 unspecified atom stereocenters. The van der Waals surface area contributed by atoms with E-state index in [1.165, 1.54) is 12.1 Å². The third kappa shape index (κ3) is 1.93. The van der Waals surface area contributed by atoms with Crippen molar-refractivity contribution in [1.29, 1.82) is 0 Å². The number of aromatic hydroxyl groups is 1. The number of para-hydroxylation sites is 1. The van der Waals surface area contributed by atoms with Crippen LogP contribution in [0.3, 0.4) is 0 Å². The van der Waals surface area contributed by atoms with Gasteiger partial charge in [0.1, 0.15) is 17.1 Å². The maximum Gasteiger partial charge on any atom is 0.151 e. The van der Waals surface area contributed by atoms with E-state index in [0.717, 1.165) is 0 Å². The van der Waals surface area contributed by atoms with Crippen molar-refractivity contribution in [1.82, 2.24) is 9.55 Å². The number of phenols is 1. The lowest BCUT2D eigenvalue weighted by atomic mass is 10.2. The third-order valence-corrected chi connectivity index (χ3v) is 3.48. The van der Waals surface area contributed by atoms with E-state index in [2.05, 4.69) is 4.98 Å². The highest BCUT2D eigenvalue weighted by molar-refractivity contribution is 6.30. The highest BCUT2D eigenvalue weighted by atomic mass is 35.5. The highest BCUT2D eigenvalue weighted by Gasteiger charge is 2.16. The fourth-order valence-electron chi connectivity index (χ4n) is 2.33. The molecule has 5 heteroatoms. The molecule has 3 aromatic rings. The molecule has 0 spiro atoms. The van der Waals surface area contributed by atoms with Gasteiger partial charge in [-0.25, -0.2) is 9.37 Å². The first-order valence-electron chi connectivity index (χ1n) is 6.25. The Balaban J connectivity index is 2.33. The third-order valence-electron chi connectivity index (χ3n) is 3.25. The van der Waals surface area contributed by atoms with Gasteiger partial charge in [-0.2, -0.15) is 0 Å². The molecule has 0 aliphatic carbocycles. The topological polar surface area (TPSA) is 38.0 Å². The van der Waals surface area contributed by atoms with Crippen molar-refractivity contribution in [3.63, 3.8) is 0 Å². The van der Waals surface area contributed by atoms with Gasteiger partial charge in [-0.05, 0) is 37.3 Å². The summed E-state index contributed by atoms with van der Waals surface area (Å²) in [4.78, 5) is 4.33. The Labute approximate surface area is 120 Å². The van der Waals surface area contributed by atoms with E-state index in [1.54, 1.807) is 18.2 Å². The van der Waals surface area contributed by atoms with E-state index >= 15 is 0 Å². The van der Waals surface area contributed by atoms with Crippen LogP contribution in [0.2, 0.25) is 5.02 Å². The first-order chi connectivity index (χ1) is 9.61. The van der Waals surface area contributed by atoms with E-state index in [1.807, 2.05) is 17.6 Å². The molecule has 1 N–H and O–H groups in total. The second-order valence-corrected chi connectivity index (χ2v) is 4.89. The molecular weight excluding hydrogens is 279 g/mol. The minimum atomic E-state index is -0.371. The molecule has 1 heterocycles. The molecule has 0 aliphatic heterocycles. The van der Waals surface area contributed by atoms with Gasteiger partial charge >= 0.3 is 0 Å². The fraction of sp³-hybridized carbons (Fsp3) is 0.133. The number of aryl methyl sites for hydroxylation is 1. The predicted molar refractivity (Wildman–Crippen MR) is 77.5 cm³/mol. The van der Waals surface area contributed by atoms with Crippen molar-refractivity contribution >= 4 is 22.6 Å². The van der Waals surface area contributed by atoms with E-state index < -0.39 is 0 Å². The average Bonchev–Trinajstić information content (AvgIpc) is 2.78. The van der Waals surface area contributed by atoms with E-state index in [4.69, 9.17) is 11.6 Å². The van der Waals surface area contributed by atoms with Crippen LogP contribution in [0.4, 0.5) is 4.39 Å². The van der Waals surface area contributed by atoms with Crippen LogP contribution in [-0.2, 0) is 6.54 Å². The van der Waals surface area contributed by atoms with Crippen molar-refractivity contribution in [3.8, 4) is 17.1 Å². The summed E-state index contributed by atoms with van der Waals surface area (Å²) in [5, 5.41) is 10.5. The standard InChI is InChI=1S/C15H12ClFN2O/c1-2-19-12-5-3-4-11(17)14(12)18-15(19)10-7-6-9(16)8-13(10)20/h3-8,20H,2H2,1H3. The molecule has 0 aliphatic rings. The number of hydrogen-bond donors (Lipinski definition) is 1. The van der Waals surface area contributed by atoms with Gasteiger partial charge in [-0.15, -0.1) is 0 Å². The van der Waals surface area contributed by atoms with Crippen LogP contribution in [0, 0.1) is 5.82 Å². The summed E-state index contributed by atoms with van der Waals surface area (Å²) in [5.41, 5.74) is 1.54. The second-order valence-electron chi connectivity index (χ2n) is 4.45. The number of benzene rings is 2. The molecule has 0 amide bonds. The molecule has 3 rings (SSSR count). The number of nitrogens with zero attached hydrogens (tertiary/aromatic N) is 2. The monoisotopic (exact) mass is 290 g/mol.